The predicted molar refractivity (Wildman–Crippen MR) is 164 cm³/mol. The maximum atomic E-state index is 11.8. The summed E-state index contributed by atoms with van der Waals surface area (Å²) in [6.07, 6.45) is 5.85. The Morgan fingerprint density at radius 3 is 1.97 bits per heavy atom. The first-order valence-electron chi connectivity index (χ1n) is 14.8. The zero-order valence-corrected chi connectivity index (χ0v) is 29.5. The van der Waals surface area contributed by atoms with Crippen LogP contribution in [0, 0.1) is 5.92 Å². The van der Waals surface area contributed by atoms with E-state index in [0.29, 0.717) is 6.61 Å². The molecule has 0 aromatic heterocycles. The molecule has 0 rings (SSSR count). The van der Waals surface area contributed by atoms with E-state index in [0.717, 1.165) is 31.7 Å². The fourth-order valence-corrected chi connectivity index (χ4v) is 17.4. The molecule has 1 N–H and O–H groups in total. The summed E-state index contributed by atoms with van der Waals surface area (Å²) in [5.74, 6) is -0.520. The molecule has 0 amide bonds. The van der Waals surface area contributed by atoms with Crippen LogP contribution in [0.3, 0.4) is 0 Å². The first-order valence-corrected chi connectivity index (χ1v) is 24.1. The van der Waals surface area contributed by atoms with Crippen LogP contribution in [0.5, 0.6) is 0 Å². The van der Waals surface area contributed by atoms with Crippen LogP contribution in [-0.4, -0.2) is 72.7 Å². The van der Waals surface area contributed by atoms with E-state index in [1.54, 1.807) is 13.8 Å². The summed E-state index contributed by atoms with van der Waals surface area (Å²) in [7, 11) is -5.65. The third kappa shape index (κ3) is 12.3. The summed E-state index contributed by atoms with van der Waals surface area (Å²) in [5.41, 5.74) is 0.223. The van der Waals surface area contributed by atoms with E-state index in [2.05, 4.69) is 67.0 Å². The van der Waals surface area contributed by atoms with Crippen molar-refractivity contribution >= 4 is 30.7 Å². The smallest absolute Gasteiger partial charge is 0.308 e. The van der Waals surface area contributed by atoms with Crippen molar-refractivity contribution in [2.24, 2.45) is 5.92 Å². The van der Waals surface area contributed by atoms with E-state index in [1.807, 2.05) is 0 Å². The van der Waals surface area contributed by atoms with Crippen molar-refractivity contribution in [3.05, 3.63) is 0 Å². The van der Waals surface area contributed by atoms with Crippen LogP contribution >= 0.6 is 0 Å². The van der Waals surface area contributed by atoms with Crippen LogP contribution < -0.4 is 0 Å². The zero-order chi connectivity index (χ0) is 28.9. The Bertz CT molecular complexity index is 635. The maximum Gasteiger partial charge on any atom is 0.308 e. The minimum atomic E-state index is -2.13. The molecule has 0 radical (unpaired) electrons. The van der Waals surface area contributed by atoms with Gasteiger partial charge in [-0.05, 0) is 57.9 Å². The van der Waals surface area contributed by atoms with Gasteiger partial charge in [0, 0.05) is 11.8 Å². The molecule has 0 saturated carbocycles. The number of unbranched alkanes of at least 4 members (excludes halogenated alkanes) is 1. The summed E-state index contributed by atoms with van der Waals surface area (Å²) < 4.78 is 25.4. The minimum absolute atomic E-state index is 0.0882. The summed E-state index contributed by atoms with van der Waals surface area (Å²) in [6.45, 7) is 27.7. The lowest BCUT2D eigenvalue weighted by Gasteiger charge is -2.51. The number of aliphatic hydroxyl groups excluding tert-OH is 1. The van der Waals surface area contributed by atoms with Gasteiger partial charge in [0.05, 0.1) is 32.9 Å². The Hall–Kier alpha value is -0.0394. The second-order valence-corrected chi connectivity index (χ2v) is 26.2. The molecule has 9 heteroatoms. The molecular formula is C28H62O6Si3. The van der Waals surface area contributed by atoms with Gasteiger partial charge in [-0.25, -0.2) is 0 Å². The lowest BCUT2D eigenvalue weighted by molar-refractivity contribution is -0.158. The minimum Gasteiger partial charge on any atom is -0.457 e. The summed E-state index contributed by atoms with van der Waals surface area (Å²) in [6, 6.07) is 2.31. The van der Waals surface area contributed by atoms with Gasteiger partial charge in [0.2, 0.25) is 8.32 Å². The summed E-state index contributed by atoms with van der Waals surface area (Å²) in [4.78, 5) is 11.8. The molecule has 0 aliphatic carbocycles. The Kier molecular flexibility index (Phi) is 16.9. The average molecular weight is 579 g/mol. The normalized spacial score (nSPS) is 15.2. The van der Waals surface area contributed by atoms with Crippen LogP contribution in [0.15, 0.2) is 0 Å². The fraction of sp³-hybridized carbons (Fsp3) is 0.964. The highest BCUT2D eigenvalue weighted by molar-refractivity contribution is 6.82. The number of esters is 1. The van der Waals surface area contributed by atoms with E-state index in [9.17, 15) is 9.90 Å². The van der Waals surface area contributed by atoms with Crippen molar-refractivity contribution in [2.75, 3.05) is 19.8 Å². The molecule has 0 saturated heterocycles. The van der Waals surface area contributed by atoms with Gasteiger partial charge in [-0.2, -0.15) is 0 Å². The second-order valence-electron chi connectivity index (χ2n) is 12.7. The molecule has 0 spiro atoms. The lowest BCUT2D eigenvalue weighted by atomic mass is 10.2. The van der Waals surface area contributed by atoms with Crippen LogP contribution in [0.4, 0.5) is 0 Å². The molecule has 37 heavy (non-hydrogen) atoms. The zero-order valence-electron chi connectivity index (χ0n) is 26.5. The first-order chi connectivity index (χ1) is 17.1. The fourth-order valence-electron chi connectivity index (χ4n) is 5.31. The maximum absolute atomic E-state index is 11.8. The van der Waals surface area contributed by atoms with E-state index < -0.39 is 30.8 Å². The van der Waals surface area contributed by atoms with Crippen molar-refractivity contribution in [1.29, 1.82) is 0 Å². The SMILES string of the molecule is CCCC[Si](C)(C)OC(CC)[Si](C)(C)OC(CC)(CC)[Si](C)(C)CCCOCC(CO)OC(=O)C(C)C. The number of carbonyl (C=O) groups is 1. The molecule has 0 bridgehead atoms. The molecular weight excluding hydrogens is 517 g/mol. The van der Waals surface area contributed by atoms with E-state index in [4.69, 9.17) is 18.3 Å². The number of ether oxygens (including phenoxy) is 2. The highest BCUT2D eigenvalue weighted by atomic mass is 28.4. The Labute approximate surface area is 232 Å². The molecule has 6 nitrogen and oxygen atoms in total. The van der Waals surface area contributed by atoms with Gasteiger partial charge in [-0.1, -0.05) is 73.5 Å². The van der Waals surface area contributed by atoms with E-state index >= 15 is 0 Å². The third-order valence-electron chi connectivity index (χ3n) is 7.93. The number of aliphatic hydroxyl groups is 1. The van der Waals surface area contributed by atoms with Gasteiger partial charge >= 0.3 is 5.97 Å². The van der Waals surface area contributed by atoms with Gasteiger partial charge in [-0.3, -0.25) is 4.79 Å². The summed E-state index contributed by atoms with van der Waals surface area (Å²) in [5, 5.41) is 9.44. The van der Waals surface area contributed by atoms with Crippen molar-refractivity contribution in [3.63, 3.8) is 0 Å². The van der Waals surface area contributed by atoms with Crippen molar-refractivity contribution < 1.29 is 28.2 Å². The van der Waals surface area contributed by atoms with Gasteiger partial charge in [-0.15, -0.1) is 0 Å². The molecule has 0 heterocycles. The second kappa shape index (κ2) is 16.9. The van der Waals surface area contributed by atoms with Gasteiger partial charge in [0.25, 0.3) is 0 Å². The highest BCUT2D eigenvalue weighted by Gasteiger charge is 2.50. The number of hydrogen-bond donors (Lipinski definition) is 1. The monoisotopic (exact) mass is 578 g/mol. The molecule has 2 unspecified atom stereocenters. The standard InChI is InChI=1S/C28H62O6Si3/c1-13-17-21-36(9,10)33-26(14-2)37(11,12)34-28(15-3,16-4)35(7,8)20-18-19-31-23-25(22-29)32-27(30)24(5)6/h24-26,29H,13-23H2,1-12H3. The molecule has 222 valence electrons. The average Bonchev–Trinajstić information content (AvgIpc) is 2.83. The Morgan fingerprint density at radius 1 is 0.919 bits per heavy atom. The number of carbonyl (C=O) groups excluding carboxylic acids is 1. The van der Waals surface area contributed by atoms with Crippen LogP contribution in [0.2, 0.25) is 51.4 Å². The molecule has 0 aliphatic rings. The third-order valence-corrected chi connectivity index (χ3v) is 18.7. The number of rotatable bonds is 21. The lowest BCUT2D eigenvalue weighted by Crippen LogP contribution is -2.63. The number of hydrogen-bond acceptors (Lipinski definition) is 6. The first kappa shape index (κ1) is 37.0. The van der Waals surface area contributed by atoms with Crippen LogP contribution in [-0.2, 0) is 23.1 Å². The van der Waals surface area contributed by atoms with Gasteiger partial charge < -0.3 is 23.4 Å². The van der Waals surface area contributed by atoms with E-state index in [1.165, 1.54) is 18.9 Å². The molecule has 0 aromatic carbocycles. The quantitative estimate of drug-likeness (QED) is 0.0874. The Balaban J connectivity index is 5.25. The molecule has 2 atom stereocenters. The van der Waals surface area contributed by atoms with Crippen molar-refractivity contribution in [1.82, 2.24) is 0 Å². The molecule has 0 aliphatic heterocycles. The largest absolute Gasteiger partial charge is 0.457 e. The van der Waals surface area contributed by atoms with Crippen molar-refractivity contribution in [2.45, 2.75) is 148 Å². The van der Waals surface area contributed by atoms with Crippen LogP contribution in [0.1, 0.15) is 80.1 Å². The van der Waals surface area contributed by atoms with Crippen LogP contribution in [0.25, 0.3) is 0 Å². The molecule has 0 fully saturated rings. The summed E-state index contributed by atoms with van der Waals surface area (Å²) >= 11 is 0. The molecule has 0 aromatic rings. The van der Waals surface area contributed by atoms with E-state index in [-0.39, 0.29) is 36.1 Å². The van der Waals surface area contributed by atoms with Gasteiger partial charge in [0.15, 0.2) is 8.32 Å². The predicted octanol–water partition coefficient (Wildman–Crippen LogP) is 7.32. The topological polar surface area (TPSA) is 74.2 Å². The highest BCUT2D eigenvalue weighted by Crippen LogP contribution is 2.39. The van der Waals surface area contributed by atoms with Crippen molar-refractivity contribution in [3.8, 4) is 0 Å². The van der Waals surface area contributed by atoms with Gasteiger partial charge in [0.1, 0.15) is 6.10 Å². The Morgan fingerprint density at radius 2 is 1.51 bits per heavy atom.